The Hall–Kier alpha value is -3.16. The summed E-state index contributed by atoms with van der Waals surface area (Å²) in [5.41, 5.74) is 2.04. The van der Waals surface area contributed by atoms with Crippen molar-refractivity contribution in [2.45, 2.75) is 24.5 Å². The van der Waals surface area contributed by atoms with Crippen LogP contribution in [0.3, 0.4) is 0 Å². The topological polar surface area (TPSA) is 91.2 Å². The van der Waals surface area contributed by atoms with Crippen molar-refractivity contribution >= 4 is 11.8 Å². The Morgan fingerprint density at radius 3 is 2.63 bits per heavy atom. The van der Waals surface area contributed by atoms with E-state index in [1.165, 1.54) is 11.8 Å². The molecule has 0 amide bonds. The number of benzene rings is 1. The zero-order chi connectivity index (χ0) is 18.9. The van der Waals surface area contributed by atoms with Crippen molar-refractivity contribution in [3.8, 4) is 23.5 Å². The largest absolute Gasteiger partial charge is 0.298 e. The predicted octanol–water partition coefficient (Wildman–Crippen LogP) is 3.92. The number of thioether (sulfide) groups is 1. The second-order valence-corrected chi connectivity index (χ2v) is 6.94. The average molecular weight is 374 g/mol. The molecule has 134 valence electrons. The van der Waals surface area contributed by atoms with Crippen molar-refractivity contribution in [2.75, 3.05) is 5.75 Å². The molecule has 0 spiro atoms. The van der Waals surface area contributed by atoms with Crippen molar-refractivity contribution in [1.82, 2.24) is 19.7 Å². The Labute approximate surface area is 162 Å². The molecule has 1 aromatic carbocycles. The lowest BCUT2D eigenvalue weighted by Gasteiger charge is -2.11. The monoisotopic (exact) mass is 374 g/mol. The van der Waals surface area contributed by atoms with Gasteiger partial charge in [-0.2, -0.15) is 10.5 Å². The molecule has 2 aromatic heterocycles. The quantitative estimate of drug-likeness (QED) is 0.555. The molecule has 27 heavy (non-hydrogen) atoms. The molecule has 1 atom stereocenters. The van der Waals surface area contributed by atoms with E-state index in [9.17, 15) is 5.26 Å². The van der Waals surface area contributed by atoms with Gasteiger partial charge in [-0.1, -0.05) is 42.1 Å². The van der Waals surface area contributed by atoms with Gasteiger partial charge >= 0.3 is 0 Å². The van der Waals surface area contributed by atoms with Gasteiger partial charge in [-0.15, -0.1) is 10.2 Å². The zero-order valence-electron chi connectivity index (χ0n) is 14.7. The number of nitriles is 2. The lowest BCUT2D eigenvalue weighted by Crippen LogP contribution is -2.06. The Kier molecular flexibility index (Phi) is 6.56. The molecule has 3 rings (SSSR count). The van der Waals surface area contributed by atoms with E-state index < -0.39 is 0 Å². The molecule has 6 nitrogen and oxygen atoms in total. The molecule has 0 radical (unpaired) electrons. The van der Waals surface area contributed by atoms with E-state index in [1.807, 2.05) is 30.3 Å². The van der Waals surface area contributed by atoms with Crippen LogP contribution >= 0.6 is 11.8 Å². The first-order valence-electron chi connectivity index (χ1n) is 8.58. The molecule has 0 N–H and O–H groups in total. The molecule has 0 unspecified atom stereocenters. The van der Waals surface area contributed by atoms with Crippen molar-refractivity contribution in [3.63, 3.8) is 0 Å². The van der Waals surface area contributed by atoms with E-state index in [-0.39, 0.29) is 5.92 Å². The van der Waals surface area contributed by atoms with Crippen molar-refractivity contribution in [1.29, 1.82) is 10.5 Å². The van der Waals surface area contributed by atoms with Crippen molar-refractivity contribution in [2.24, 2.45) is 5.92 Å². The summed E-state index contributed by atoms with van der Waals surface area (Å²) in [6, 6.07) is 18.3. The Morgan fingerprint density at radius 2 is 1.93 bits per heavy atom. The molecular formula is C20H18N6S. The number of hydrogen-bond acceptors (Lipinski definition) is 6. The minimum Gasteiger partial charge on any atom is -0.298 e. The van der Waals surface area contributed by atoms with Crippen LogP contribution in [0.25, 0.3) is 11.4 Å². The number of hydrogen-bond donors (Lipinski definition) is 0. The van der Waals surface area contributed by atoms with Gasteiger partial charge in [-0.05, 0) is 24.1 Å². The molecule has 0 bridgehead atoms. The summed E-state index contributed by atoms with van der Waals surface area (Å²) in [7, 11) is 0. The molecule has 0 aliphatic heterocycles. The summed E-state index contributed by atoms with van der Waals surface area (Å²) in [6.45, 7) is 0.635. The molecule has 2 heterocycles. The molecular weight excluding hydrogens is 356 g/mol. The Bertz CT molecular complexity index is 940. The normalized spacial score (nSPS) is 11.5. The smallest absolute Gasteiger partial charge is 0.191 e. The van der Waals surface area contributed by atoms with E-state index in [0.717, 1.165) is 22.1 Å². The third-order valence-electron chi connectivity index (χ3n) is 4.02. The standard InChI is InChI=1S/C20H18N6S/c21-10-4-8-17(12-22)15-27-20-25-24-19(18-9-5-11-23-13-18)26(20)14-16-6-2-1-3-7-16/h1-3,5-7,9,11,13,17H,4,8,14-15H2/t17-/m0/s1. The fraction of sp³-hybridized carbons (Fsp3) is 0.250. The number of aromatic nitrogens is 4. The number of rotatable bonds is 8. The maximum Gasteiger partial charge on any atom is 0.191 e. The van der Waals surface area contributed by atoms with Crippen LogP contribution in [0.1, 0.15) is 18.4 Å². The van der Waals surface area contributed by atoms with Gasteiger partial charge in [-0.25, -0.2) is 0 Å². The van der Waals surface area contributed by atoms with Gasteiger partial charge in [-0.3, -0.25) is 9.55 Å². The first-order valence-corrected chi connectivity index (χ1v) is 9.57. The van der Waals surface area contributed by atoms with Gasteiger partial charge < -0.3 is 0 Å². The van der Waals surface area contributed by atoms with E-state index in [0.29, 0.717) is 25.1 Å². The van der Waals surface area contributed by atoms with Crippen LogP contribution in [0, 0.1) is 28.6 Å². The maximum atomic E-state index is 9.29. The summed E-state index contributed by atoms with van der Waals surface area (Å²) in [5.74, 6) is 1.15. The highest BCUT2D eigenvalue weighted by atomic mass is 32.2. The van der Waals surface area contributed by atoms with Crippen LogP contribution in [0.2, 0.25) is 0 Å². The van der Waals surface area contributed by atoms with Gasteiger partial charge in [0.2, 0.25) is 0 Å². The van der Waals surface area contributed by atoms with Crippen molar-refractivity contribution < 1.29 is 0 Å². The highest BCUT2D eigenvalue weighted by molar-refractivity contribution is 7.99. The molecule has 0 saturated heterocycles. The van der Waals surface area contributed by atoms with E-state index in [1.54, 1.807) is 12.4 Å². The van der Waals surface area contributed by atoms with Gasteiger partial charge in [0.05, 0.1) is 24.6 Å². The second kappa shape index (κ2) is 9.51. The van der Waals surface area contributed by atoms with Gasteiger partial charge in [0, 0.05) is 30.1 Å². The summed E-state index contributed by atoms with van der Waals surface area (Å²) in [5, 5.41) is 27.5. The number of nitrogens with zero attached hydrogens (tertiary/aromatic N) is 6. The molecule has 0 aliphatic carbocycles. The summed E-state index contributed by atoms with van der Waals surface area (Å²) >= 11 is 1.50. The Balaban J connectivity index is 1.86. The third kappa shape index (κ3) is 4.93. The fourth-order valence-corrected chi connectivity index (χ4v) is 3.61. The summed E-state index contributed by atoms with van der Waals surface area (Å²) < 4.78 is 2.05. The number of pyridine rings is 1. The van der Waals surface area contributed by atoms with E-state index in [2.05, 4.69) is 44.0 Å². The lowest BCUT2D eigenvalue weighted by molar-refractivity contribution is 0.677. The maximum absolute atomic E-state index is 9.29. The summed E-state index contributed by atoms with van der Waals surface area (Å²) in [4.78, 5) is 4.18. The summed E-state index contributed by atoms with van der Waals surface area (Å²) in [6.07, 6.45) is 4.45. The van der Waals surface area contributed by atoms with Crippen LogP contribution in [-0.4, -0.2) is 25.5 Å². The third-order valence-corrected chi connectivity index (χ3v) is 5.15. The zero-order valence-corrected chi connectivity index (χ0v) is 15.5. The van der Waals surface area contributed by atoms with Crippen LogP contribution in [0.4, 0.5) is 0 Å². The van der Waals surface area contributed by atoms with Gasteiger partial charge in [0.25, 0.3) is 0 Å². The minimum absolute atomic E-state index is 0.182. The lowest BCUT2D eigenvalue weighted by atomic mass is 10.1. The van der Waals surface area contributed by atoms with Crippen LogP contribution in [0.5, 0.6) is 0 Å². The molecule has 0 fully saturated rings. The van der Waals surface area contributed by atoms with Gasteiger partial charge in [0.1, 0.15) is 0 Å². The van der Waals surface area contributed by atoms with Crippen molar-refractivity contribution in [3.05, 3.63) is 60.4 Å². The minimum atomic E-state index is -0.182. The SMILES string of the molecule is N#CCC[C@@H](C#N)CSc1nnc(-c2cccnc2)n1Cc1ccccc1. The first-order chi connectivity index (χ1) is 13.3. The highest BCUT2D eigenvalue weighted by Gasteiger charge is 2.17. The first kappa shape index (κ1) is 18.6. The van der Waals surface area contributed by atoms with E-state index >= 15 is 0 Å². The van der Waals surface area contributed by atoms with E-state index in [4.69, 9.17) is 5.26 Å². The van der Waals surface area contributed by atoms with Crippen LogP contribution in [0.15, 0.2) is 60.0 Å². The van der Waals surface area contributed by atoms with Crippen LogP contribution < -0.4 is 0 Å². The van der Waals surface area contributed by atoms with Gasteiger partial charge in [0.15, 0.2) is 11.0 Å². The Morgan fingerprint density at radius 1 is 1.07 bits per heavy atom. The average Bonchev–Trinajstić information content (AvgIpc) is 3.12. The molecule has 0 aliphatic rings. The second-order valence-electron chi connectivity index (χ2n) is 5.95. The molecule has 3 aromatic rings. The molecule has 0 saturated carbocycles. The highest BCUT2D eigenvalue weighted by Crippen LogP contribution is 2.26. The fourth-order valence-electron chi connectivity index (χ4n) is 2.61. The molecule has 7 heteroatoms. The predicted molar refractivity (Wildman–Crippen MR) is 103 cm³/mol. The van der Waals surface area contributed by atoms with Crippen LogP contribution in [-0.2, 0) is 6.54 Å².